The van der Waals surface area contributed by atoms with E-state index in [0.717, 1.165) is 11.3 Å². The van der Waals surface area contributed by atoms with Crippen LogP contribution in [0.3, 0.4) is 0 Å². The van der Waals surface area contributed by atoms with E-state index in [1.54, 1.807) is 24.7 Å². The lowest BCUT2D eigenvalue weighted by Crippen LogP contribution is -2.04. The molecule has 19 heavy (non-hydrogen) atoms. The van der Waals surface area contributed by atoms with E-state index in [-0.39, 0.29) is 0 Å². The molecule has 5 nitrogen and oxygen atoms in total. The van der Waals surface area contributed by atoms with Crippen molar-refractivity contribution < 1.29 is 14.6 Å². The fourth-order valence-corrected chi connectivity index (χ4v) is 1.82. The molecule has 0 bridgehead atoms. The predicted octanol–water partition coefficient (Wildman–Crippen LogP) is 2.10. The normalized spacial score (nSPS) is 12.2. The summed E-state index contributed by atoms with van der Waals surface area (Å²) in [7, 11) is 0. The molecule has 0 saturated heterocycles. The van der Waals surface area contributed by atoms with E-state index in [2.05, 4.69) is 5.10 Å². The van der Waals surface area contributed by atoms with Crippen molar-refractivity contribution in [3.05, 3.63) is 47.8 Å². The van der Waals surface area contributed by atoms with Crippen molar-refractivity contribution in [3.8, 4) is 5.69 Å². The molecule has 5 heteroatoms. The van der Waals surface area contributed by atoms with Gasteiger partial charge >= 0.3 is 5.97 Å². The number of rotatable bonds is 4. The van der Waals surface area contributed by atoms with Gasteiger partial charge in [-0.25, -0.2) is 9.48 Å². The van der Waals surface area contributed by atoms with Gasteiger partial charge in [0.2, 0.25) is 0 Å². The van der Waals surface area contributed by atoms with Crippen molar-refractivity contribution in [2.24, 2.45) is 0 Å². The number of nitrogens with zero attached hydrogens (tertiary/aromatic N) is 2. The standard InChI is InChI=1S/C14H16N2O3/c1-3-19-14(18)11-8-15-16(9-11)13-7-5-4-6-12(13)10(2)17/h4-10,17H,3H2,1-2H3/t10-/m0/s1. The van der Waals surface area contributed by atoms with E-state index in [0.29, 0.717) is 12.2 Å². The first-order valence-corrected chi connectivity index (χ1v) is 6.12. The van der Waals surface area contributed by atoms with Gasteiger partial charge in [0, 0.05) is 11.8 Å². The smallest absolute Gasteiger partial charge is 0.341 e. The van der Waals surface area contributed by atoms with Gasteiger partial charge in [-0.2, -0.15) is 5.10 Å². The highest BCUT2D eigenvalue weighted by Crippen LogP contribution is 2.21. The van der Waals surface area contributed by atoms with Crippen LogP contribution in [0.5, 0.6) is 0 Å². The monoisotopic (exact) mass is 260 g/mol. The summed E-state index contributed by atoms with van der Waals surface area (Å²) in [6.07, 6.45) is 2.45. The van der Waals surface area contributed by atoms with Crippen LogP contribution in [0.4, 0.5) is 0 Å². The maximum Gasteiger partial charge on any atom is 0.341 e. The van der Waals surface area contributed by atoms with Gasteiger partial charge in [-0.15, -0.1) is 0 Å². The molecule has 0 aliphatic rings. The second-order valence-electron chi connectivity index (χ2n) is 4.13. The minimum Gasteiger partial charge on any atom is -0.462 e. The third kappa shape index (κ3) is 2.82. The number of hydrogen-bond acceptors (Lipinski definition) is 4. The summed E-state index contributed by atoms with van der Waals surface area (Å²) in [6, 6.07) is 7.37. The molecule has 0 aliphatic carbocycles. The van der Waals surface area contributed by atoms with Crippen LogP contribution in [0.2, 0.25) is 0 Å². The Labute approximate surface area is 111 Å². The van der Waals surface area contributed by atoms with Gasteiger partial charge in [0.05, 0.1) is 30.2 Å². The van der Waals surface area contributed by atoms with Crippen LogP contribution >= 0.6 is 0 Å². The molecule has 0 radical (unpaired) electrons. The lowest BCUT2D eigenvalue weighted by Gasteiger charge is -2.11. The highest BCUT2D eigenvalue weighted by molar-refractivity contribution is 5.88. The minimum atomic E-state index is -0.605. The Morgan fingerprint density at radius 1 is 1.47 bits per heavy atom. The van der Waals surface area contributed by atoms with Gasteiger partial charge < -0.3 is 9.84 Å². The van der Waals surface area contributed by atoms with E-state index < -0.39 is 12.1 Å². The molecule has 1 N–H and O–H groups in total. The maximum atomic E-state index is 11.6. The molecule has 0 spiro atoms. The molecule has 2 rings (SSSR count). The van der Waals surface area contributed by atoms with Gasteiger partial charge in [-0.3, -0.25) is 0 Å². The minimum absolute atomic E-state index is 0.328. The Hall–Kier alpha value is -2.14. The van der Waals surface area contributed by atoms with E-state index in [1.165, 1.54) is 6.20 Å². The number of aliphatic hydroxyl groups excluding tert-OH is 1. The molecule has 1 heterocycles. The Bertz CT molecular complexity index is 576. The van der Waals surface area contributed by atoms with Crippen molar-refractivity contribution in [1.29, 1.82) is 0 Å². The molecule has 100 valence electrons. The zero-order valence-corrected chi connectivity index (χ0v) is 10.9. The summed E-state index contributed by atoms with van der Waals surface area (Å²) >= 11 is 0. The van der Waals surface area contributed by atoms with Crippen LogP contribution in [0, 0.1) is 0 Å². The molecule has 1 aromatic heterocycles. The molecule has 1 atom stereocenters. The Balaban J connectivity index is 2.36. The molecule has 0 fully saturated rings. The largest absolute Gasteiger partial charge is 0.462 e. The average Bonchev–Trinajstić information content (AvgIpc) is 2.88. The fourth-order valence-electron chi connectivity index (χ4n) is 1.82. The van der Waals surface area contributed by atoms with E-state index in [9.17, 15) is 9.90 Å². The highest BCUT2D eigenvalue weighted by Gasteiger charge is 2.13. The first-order chi connectivity index (χ1) is 9.13. The summed E-state index contributed by atoms with van der Waals surface area (Å²) in [4.78, 5) is 11.6. The summed E-state index contributed by atoms with van der Waals surface area (Å²) < 4.78 is 6.48. The zero-order chi connectivity index (χ0) is 13.8. The number of hydrogen-bond donors (Lipinski definition) is 1. The summed E-state index contributed by atoms with van der Waals surface area (Å²) in [5, 5.41) is 13.9. The number of esters is 1. The van der Waals surface area contributed by atoms with Crippen LogP contribution in [-0.2, 0) is 4.74 Å². The number of ether oxygens (including phenoxy) is 1. The lowest BCUT2D eigenvalue weighted by atomic mass is 10.1. The molecular weight excluding hydrogens is 244 g/mol. The van der Waals surface area contributed by atoms with E-state index in [4.69, 9.17) is 4.74 Å². The second-order valence-corrected chi connectivity index (χ2v) is 4.13. The lowest BCUT2D eigenvalue weighted by molar-refractivity contribution is 0.0526. The number of aliphatic hydroxyl groups is 1. The number of aromatic nitrogens is 2. The predicted molar refractivity (Wildman–Crippen MR) is 70.2 cm³/mol. The molecule has 2 aromatic rings. The maximum absolute atomic E-state index is 11.6. The van der Waals surface area contributed by atoms with Gasteiger partial charge in [-0.05, 0) is 19.9 Å². The fraction of sp³-hybridized carbons (Fsp3) is 0.286. The molecule has 0 amide bonds. The molecule has 1 aromatic carbocycles. The van der Waals surface area contributed by atoms with Crippen molar-refractivity contribution in [2.45, 2.75) is 20.0 Å². The molecular formula is C14H16N2O3. The SMILES string of the molecule is CCOC(=O)c1cnn(-c2ccccc2[C@H](C)O)c1. The molecule has 0 aliphatic heterocycles. The van der Waals surface area contributed by atoms with Crippen LogP contribution in [0.25, 0.3) is 5.69 Å². The number of benzene rings is 1. The summed E-state index contributed by atoms with van der Waals surface area (Å²) in [5.41, 5.74) is 1.89. The van der Waals surface area contributed by atoms with Crippen molar-refractivity contribution in [2.75, 3.05) is 6.61 Å². The van der Waals surface area contributed by atoms with Gasteiger partial charge in [0.25, 0.3) is 0 Å². The van der Waals surface area contributed by atoms with Crippen molar-refractivity contribution in [3.63, 3.8) is 0 Å². The third-order valence-corrected chi connectivity index (χ3v) is 2.73. The molecule has 0 saturated carbocycles. The summed E-state index contributed by atoms with van der Waals surface area (Å²) in [6.45, 7) is 3.77. The Morgan fingerprint density at radius 2 is 2.21 bits per heavy atom. The van der Waals surface area contributed by atoms with E-state index >= 15 is 0 Å². The van der Waals surface area contributed by atoms with Crippen LogP contribution < -0.4 is 0 Å². The summed E-state index contributed by atoms with van der Waals surface area (Å²) in [5.74, 6) is -0.400. The first-order valence-electron chi connectivity index (χ1n) is 6.12. The number of carbonyl (C=O) groups is 1. The van der Waals surface area contributed by atoms with Gasteiger partial charge in [0.1, 0.15) is 0 Å². The highest BCUT2D eigenvalue weighted by atomic mass is 16.5. The second kappa shape index (κ2) is 5.67. The average molecular weight is 260 g/mol. The topological polar surface area (TPSA) is 64.3 Å². The Kier molecular flexibility index (Phi) is 3.97. The first kappa shape index (κ1) is 13.3. The molecule has 0 unspecified atom stereocenters. The van der Waals surface area contributed by atoms with Crippen LogP contribution in [0.1, 0.15) is 35.9 Å². The van der Waals surface area contributed by atoms with E-state index in [1.807, 2.05) is 24.3 Å². The number of para-hydroxylation sites is 1. The Morgan fingerprint density at radius 3 is 2.89 bits per heavy atom. The number of carbonyl (C=O) groups excluding carboxylic acids is 1. The van der Waals surface area contributed by atoms with Crippen LogP contribution in [0.15, 0.2) is 36.7 Å². The zero-order valence-electron chi connectivity index (χ0n) is 10.9. The quantitative estimate of drug-likeness (QED) is 0.855. The third-order valence-electron chi connectivity index (χ3n) is 2.73. The van der Waals surface area contributed by atoms with Gasteiger partial charge in [0.15, 0.2) is 0 Å². The van der Waals surface area contributed by atoms with Crippen LogP contribution in [-0.4, -0.2) is 27.5 Å². The van der Waals surface area contributed by atoms with Gasteiger partial charge in [-0.1, -0.05) is 18.2 Å². The van der Waals surface area contributed by atoms with Crippen molar-refractivity contribution >= 4 is 5.97 Å². The van der Waals surface area contributed by atoms with Crippen molar-refractivity contribution in [1.82, 2.24) is 9.78 Å².